The van der Waals surface area contributed by atoms with Crippen LogP contribution in [0.25, 0.3) is 0 Å². The van der Waals surface area contributed by atoms with Gasteiger partial charge in [-0.15, -0.1) is 0 Å². The molecule has 1 aromatic carbocycles. The Kier molecular flexibility index (Phi) is 1.68. The van der Waals surface area contributed by atoms with E-state index in [0.29, 0.717) is 5.75 Å². The monoisotopic (exact) mass is 125 g/mol. The van der Waals surface area contributed by atoms with Gasteiger partial charge in [-0.2, -0.15) is 0 Å². The van der Waals surface area contributed by atoms with Gasteiger partial charge in [0.2, 0.25) is 0 Å². The van der Waals surface area contributed by atoms with E-state index in [2.05, 4.69) is 6.07 Å². The summed E-state index contributed by atoms with van der Waals surface area (Å²) in [5, 5.41) is 0. The van der Waals surface area contributed by atoms with Crippen LogP contribution in [-0.2, 0) is 0 Å². The van der Waals surface area contributed by atoms with Crippen molar-refractivity contribution in [3.05, 3.63) is 30.1 Å². The fourth-order valence-corrected chi connectivity index (χ4v) is 0.545. The molecule has 0 heterocycles. The van der Waals surface area contributed by atoms with E-state index in [9.17, 15) is 4.39 Å². The van der Waals surface area contributed by atoms with Gasteiger partial charge in [-0.1, -0.05) is 0 Å². The van der Waals surface area contributed by atoms with E-state index in [1.54, 1.807) is 6.07 Å². The molecule has 0 saturated heterocycles. The van der Waals surface area contributed by atoms with Crippen molar-refractivity contribution in [2.24, 2.45) is 0 Å². The number of ether oxygens (including phenoxy) is 1. The summed E-state index contributed by atoms with van der Waals surface area (Å²) in [6.07, 6.45) is 0. The van der Waals surface area contributed by atoms with Gasteiger partial charge in [-0.3, -0.25) is 0 Å². The highest BCUT2D eigenvalue weighted by molar-refractivity contribution is 5.21. The van der Waals surface area contributed by atoms with Crippen molar-refractivity contribution in [3.63, 3.8) is 0 Å². The molecule has 1 rings (SSSR count). The van der Waals surface area contributed by atoms with E-state index in [1.807, 2.05) is 0 Å². The average Bonchev–Trinajstić information content (AvgIpc) is 1.88. The summed E-state index contributed by atoms with van der Waals surface area (Å²) in [4.78, 5) is 0. The fraction of sp³-hybridized carbons (Fsp3) is 0.143. The fourth-order valence-electron chi connectivity index (χ4n) is 0.545. The van der Waals surface area contributed by atoms with E-state index in [-0.39, 0.29) is 0 Å². The Morgan fingerprint density at radius 2 is 2.44 bits per heavy atom. The molecule has 0 bridgehead atoms. The molecule has 1 nitrogen and oxygen atoms in total. The number of methoxy groups -OCH3 is 1. The van der Waals surface area contributed by atoms with Crippen LogP contribution >= 0.6 is 0 Å². The topological polar surface area (TPSA) is 9.23 Å². The highest BCUT2D eigenvalue weighted by atomic mass is 19.1. The largest absolute Gasteiger partial charge is 0.497 e. The maximum atomic E-state index is 12.2. The molecule has 2 heteroatoms. The molecule has 47 valence electrons. The molecule has 0 aromatic heterocycles. The molecule has 0 saturated carbocycles. The van der Waals surface area contributed by atoms with Crippen LogP contribution in [0.3, 0.4) is 0 Å². The van der Waals surface area contributed by atoms with E-state index in [4.69, 9.17) is 4.74 Å². The van der Waals surface area contributed by atoms with Crippen LogP contribution in [0.4, 0.5) is 4.39 Å². The molecule has 0 spiro atoms. The zero-order valence-electron chi connectivity index (χ0n) is 5.02. The van der Waals surface area contributed by atoms with Gasteiger partial charge in [0.1, 0.15) is 11.6 Å². The van der Waals surface area contributed by atoms with E-state index in [0.717, 1.165) is 0 Å². The molecule has 0 aliphatic heterocycles. The van der Waals surface area contributed by atoms with Crippen molar-refractivity contribution in [2.45, 2.75) is 0 Å². The van der Waals surface area contributed by atoms with Gasteiger partial charge >= 0.3 is 0 Å². The van der Waals surface area contributed by atoms with Gasteiger partial charge < -0.3 is 4.74 Å². The summed E-state index contributed by atoms with van der Waals surface area (Å²) in [6, 6.07) is 6.76. The molecule has 0 amide bonds. The molecule has 0 fully saturated rings. The van der Waals surface area contributed by atoms with Crippen LogP contribution in [0.1, 0.15) is 0 Å². The molecular weight excluding hydrogens is 119 g/mol. The Labute approximate surface area is 53.1 Å². The molecule has 1 aromatic rings. The average molecular weight is 125 g/mol. The summed E-state index contributed by atoms with van der Waals surface area (Å²) in [6.45, 7) is 0. The standard InChI is InChI=1S/C7H6FO/c1-9-7-4-2-3-6(8)5-7/h2,4-5H,1H3. The first-order chi connectivity index (χ1) is 4.33. The van der Waals surface area contributed by atoms with Crippen LogP contribution in [0, 0.1) is 11.9 Å². The van der Waals surface area contributed by atoms with E-state index in [1.165, 1.54) is 19.2 Å². The van der Waals surface area contributed by atoms with Crippen molar-refractivity contribution < 1.29 is 9.13 Å². The molecule has 9 heavy (non-hydrogen) atoms. The van der Waals surface area contributed by atoms with Gasteiger partial charge in [-0.05, 0) is 12.1 Å². The molecule has 0 N–H and O–H groups in total. The van der Waals surface area contributed by atoms with Crippen molar-refractivity contribution in [1.29, 1.82) is 0 Å². The summed E-state index contributed by atoms with van der Waals surface area (Å²) >= 11 is 0. The number of benzene rings is 1. The smallest absolute Gasteiger partial charge is 0.134 e. The minimum Gasteiger partial charge on any atom is -0.497 e. The van der Waals surface area contributed by atoms with E-state index < -0.39 is 5.82 Å². The van der Waals surface area contributed by atoms with Gasteiger partial charge in [-0.25, -0.2) is 4.39 Å². The summed E-state index contributed by atoms with van der Waals surface area (Å²) in [7, 11) is 1.49. The lowest BCUT2D eigenvalue weighted by molar-refractivity contribution is 0.411. The minimum atomic E-state index is -0.394. The normalized spacial score (nSPS) is 9.11. The number of rotatable bonds is 1. The second-order valence-electron chi connectivity index (χ2n) is 1.58. The Morgan fingerprint density at radius 3 is 2.89 bits per heavy atom. The third kappa shape index (κ3) is 1.42. The Morgan fingerprint density at radius 1 is 1.67 bits per heavy atom. The van der Waals surface area contributed by atoms with Gasteiger partial charge in [0, 0.05) is 12.1 Å². The Hall–Kier alpha value is -1.05. The second kappa shape index (κ2) is 2.49. The molecule has 0 atom stereocenters. The van der Waals surface area contributed by atoms with Crippen LogP contribution in [0.2, 0.25) is 0 Å². The Bertz CT molecular complexity index is 198. The predicted octanol–water partition coefficient (Wildman–Crippen LogP) is 1.63. The highest BCUT2D eigenvalue weighted by Crippen LogP contribution is 2.09. The van der Waals surface area contributed by atoms with Crippen LogP contribution in [0.5, 0.6) is 5.75 Å². The lowest BCUT2D eigenvalue weighted by Gasteiger charge is -1.95. The van der Waals surface area contributed by atoms with Crippen molar-refractivity contribution >= 4 is 0 Å². The first kappa shape index (κ1) is 6.08. The zero-order chi connectivity index (χ0) is 6.69. The summed E-state index contributed by atoms with van der Waals surface area (Å²) in [5.41, 5.74) is 0. The lowest BCUT2D eigenvalue weighted by Crippen LogP contribution is -1.82. The van der Waals surface area contributed by atoms with Gasteiger partial charge in [0.15, 0.2) is 0 Å². The number of hydrogen-bond acceptors (Lipinski definition) is 1. The second-order valence-corrected chi connectivity index (χ2v) is 1.58. The highest BCUT2D eigenvalue weighted by Gasteiger charge is 1.90. The number of hydrogen-bond donors (Lipinski definition) is 0. The molecule has 0 unspecified atom stereocenters. The van der Waals surface area contributed by atoms with Crippen LogP contribution in [0.15, 0.2) is 18.2 Å². The molecule has 1 radical (unpaired) electrons. The summed E-state index contributed by atoms with van der Waals surface area (Å²) in [5.74, 6) is 0.126. The molecular formula is C7H6FO. The third-order valence-electron chi connectivity index (χ3n) is 0.974. The minimum absolute atomic E-state index is 0.394. The zero-order valence-corrected chi connectivity index (χ0v) is 5.02. The van der Waals surface area contributed by atoms with Crippen molar-refractivity contribution in [1.82, 2.24) is 0 Å². The van der Waals surface area contributed by atoms with E-state index >= 15 is 0 Å². The Balaban J connectivity index is 2.94. The quantitative estimate of drug-likeness (QED) is 0.554. The van der Waals surface area contributed by atoms with Crippen molar-refractivity contribution in [2.75, 3.05) is 7.11 Å². The predicted molar refractivity (Wildman–Crippen MR) is 31.8 cm³/mol. The van der Waals surface area contributed by atoms with Gasteiger partial charge in [0.05, 0.1) is 7.11 Å². The lowest BCUT2D eigenvalue weighted by atomic mass is 10.3. The third-order valence-corrected chi connectivity index (χ3v) is 0.974. The van der Waals surface area contributed by atoms with Crippen molar-refractivity contribution in [3.8, 4) is 5.75 Å². The first-order valence-corrected chi connectivity index (χ1v) is 2.54. The molecule has 0 aliphatic rings. The van der Waals surface area contributed by atoms with Crippen LogP contribution in [-0.4, -0.2) is 7.11 Å². The summed E-state index contributed by atoms with van der Waals surface area (Å²) < 4.78 is 17.0. The van der Waals surface area contributed by atoms with Gasteiger partial charge in [0.25, 0.3) is 0 Å². The molecule has 0 aliphatic carbocycles. The first-order valence-electron chi connectivity index (χ1n) is 2.54. The maximum Gasteiger partial charge on any atom is 0.134 e. The number of halogens is 1. The SMILES string of the molecule is COc1cc[c]c(F)c1. The maximum absolute atomic E-state index is 12.2. The van der Waals surface area contributed by atoms with Crippen LogP contribution < -0.4 is 4.74 Å².